The van der Waals surface area contributed by atoms with Gasteiger partial charge in [0.05, 0.1) is 19.3 Å². The lowest BCUT2D eigenvalue weighted by atomic mass is 10.2. The van der Waals surface area contributed by atoms with Crippen LogP contribution in [0, 0.1) is 0 Å². The number of hydrogen-bond acceptors (Lipinski definition) is 4. The molecule has 1 aliphatic heterocycles. The fraction of sp³-hybridized carbons (Fsp3) is 1.00. The van der Waals surface area contributed by atoms with Crippen molar-refractivity contribution in [3.63, 3.8) is 0 Å². The molecular weight excluding hydrogens is 170 g/mol. The highest BCUT2D eigenvalue weighted by Gasteiger charge is 2.19. The maximum atomic E-state index is 9.29. The third kappa shape index (κ3) is 3.60. The Morgan fingerprint density at radius 1 is 1.54 bits per heavy atom. The average Bonchev–Trinajstić information content (AvgIpc) is 2.32. The molecule has 13 heavy (non-hydrogen) atoms. The van der Waals surface area contributed by atoms with Gasteiger partial charge in [0.15, 0.2) is 0 Å². The van der Waals surface area contributed by atoms with Gasteiger partial charge in [-0.1, -0.05) is 0 Å². The SMILES string of the molecule is CC1CCOCCN1CC(O)CO. The molecule has 0 bridgehead atoms. The molecular formula is C9H19NO3. The Morgan fingerprint density at radius 2 is 2.31 bits per heavy atom. The van der Waals surface area contributed by atoms with E-state index in [1.54, 1.807) is 0 Å². The number of β-amino-alcohol motifs (C(OH)–C–C–N with tert-alkyl or cyclic N) is 1. The normalized spacial score (nSPS) is 28.4. The van der Waals surface area contributed by atoms with Gasteiger partial charge in [-0.2, -0.15) is 0 Å². The molecule has 0 aliphatic carbocycles. The van der Waals surface area contributed by atoms with Crippen LogP contribution in [0.5, 0.6) is 0 Å². The highest BCUT2D eigenvalue weighted by atomic mass is 16.5. The zero-order valence-corrected chi connectivity index (χ0v) is 8.15. The van der Waals surface area contributed by atoms with Gasteiger partial charge in [-0.05, 0) is 13.3 Å². The van der Waals surface area contributed by atoms with Crippen LogP contribution in [0.25, 0.3) is 0 Å². The average molecular weight is 189 g/mol. The molecule has 2 atom stereocenters. The van der Waals surface area contributed by atoms with E-state index < -0.39 is 6.10 Å². The molecule has 0 saturated carbocycles. The molecule has 0 aromatic rings. The van der Waals surface area contributed by atoms with E-state index in [4.69, 9.17) is 9.84 Å². The summed E-state index contributed by atoms with van der Waals surface area (Å²) >= 11 is 0. The van der Waals surface area contributed by atoms with Gasteiger partial charge in [0.25, 0.3) is 0 Å². The number of nitrogens with zero attached hydrogens (tertiary/aromatic N) is 1. The van der Waals surface area contributed by atoms with Gasteiger partial charge in [0, 0.05) is 25.7 Å². The number of hydrogen-bond donors (Lipinski definition) is 2. The predicted octanol–water partition coefficient (Wildman–Crippen LogP) is -0.550. The highest BCUT2D eigenvalue weighted by Crippen LogP contribution is 2.08. The molecule has 2 unspecified atom stereocenters. The smallest absolute Gasteiger partial charge is 0.0897 e. The summed E-state index contributed by atoms with van der Waals surface area (Å²) in [5.41, 5.74) is 0. The summed E-state index contributed by atoms with van der Waals surface area (Å²) in [4.78, 5) is 2.16. The van der Waals surface area contributed by atoms with Crippen molar-refractivity contribution in [1.82, 2.24) is 4.90 Å². The molecule has 78 valence electrons. The van der Waals surface area contributed by atoms with Crippen molar-refractivity contribution in [2.45, 2.75) is 25.5 Å². The largest absolute Gasteiger partial charge is 0.394 e. The fourth-order valence-electron chi connectivity index (χ4n) is 1.54. The van der Waals surface area contributed by atoms with E-state index >= 15 is 0 Å². The predicted molar refractivity (Wildman–Crippen MR) is 49.6 cm³/mol. The van der Waals surface area contributed by atoms with Gasteiger partial charge in [-0.15, -0.1) is 0 Å². The summed E-state index contributed by atoms with van der Waals surface area (Å²) in [5, 5.41) is 18.0. The van der Waals surface area contributed by atoms with E-state index in [0.29, 0.717) is 12.6 Å². The lowest BCUT2D eigenvalue weighted by molar-refractivity contribution is 0.0467. The van der Waals surface area contributed by atoms with Gasteiger partial charge in [0.2, 0.25) is 0 Å². The summed E-state index contributed by atoms with van der Waals surface area (Å²) in [6.45, 7) is 4.87. The second-order valence-electron chi connectivity index (χ2n) is 3.58. The number of aliphatic hydroxyl groups excluding tert-OH is 2. The lowest BCUT2D eigenvalue weighted by Gasteiger charge is -2.27. The Kier molecular flexibility index (Phi) is 4.66. The van der Waals surface area contributed by atoms with Gasteiger partial charge in [0.1, 0.15) is 0 Å². The van der Waals surface area contributed by atoms with Gasteiger partial charge >= 0.3 is 0 Å². The minimum atomic E-state index is -0.624. The molecule has 1 saturated heterocycles. The minimum absolute atomic E-state index is 0.163. The number of ether oxygens (including phenoxy) is 1. The van der Waals surface area contributed by atoms with E-state index in [2.05, 4.69) is 11.8 Å². The van der Waals surface area contributed by atoms with Crippen LogP contribution in [0.15, 0.2) is 0 Å². The molecule has 2 N–H and O–H groups in total. The Balaban J connectivity index is 2.35. The second-order valence-corrected chi connectivity index (χ2v) is 3.58. The van der Waals surface area contributed by atoms with Gasteiger partial charge in [-0.3, -0.25) is 4.90 Å². The van der Waals surface area contributed by atoms with Gasteiger partial charge < -0.3 is 14.9 Å². The summed E-state index contributed by atoms with van der Waals surface area (Å²) in [5.74, 6) is 0. The van der Waals surface area contributed by atoms with Crippen molar-refractivity contribution in [2.75, 3.05) is 32.9 Å². The molecule has 0 amide bonds. The van der Waals surface area contributed by atoms with Crippen LogP contribution >= 0.6 is 0 Å². The third-order valence-corrected chi connectivity index (χ3v) is 2.48. The maximum absolute atomic E-state index is 9.29. The zero-order chi connectivity index (χ0) is 9.68. The van der Waals surface area contributed by atoms with E-state index in [9.17, 15) is 5.11 Å². The van der Waals surface area contributed by atoms with Gasteiger partial charge in [-0.25, -0.2) is 0 Å². The monoisotopic (exact) mass is 189 g/mol. The Hall–Kier alpha value is -0.160. The van der Waals surface area contributed by atoms with Crippen molar-refractivity contribution < 1.29 is 14.9 Å². The van der Waals surface area contributed by atoms with Crippen LogP contribution in [0.1, 0.15) is 13.3 Å². The minimum Gasteiger partial charge on any atom is -0.394 e. The summed E-state index contributed by atoms with van der Waals surface area (Å²) in [6, 6.07) is 0.434. The van der Waals surface area contributed by atoms with Crippen LogP contribution in [-0.4, -0.2) is 60.2 Å². The summed E-state index contributed by atoms with van der Waals surface area (Å²) in [7, 11) is 0. The molecule has 1 heterocycles. The molecule has 4 nitrogen and oxygen atoms in total. The molecule has 0 aromatic heterocycles. The summed E-state index contributed by atoms with van der Waals surface area (Å²) < 4.78 is 5.32. The van der Waals surface area contributed by atoms with Crippen LogP contribution in [-0.2, 0) is 4.74 Å². The zero-order valence-electron chi connectivity index (χ0n) is 8.15. The van der Waals surface area contributed by atoms with Crippen LogP contribution in [0.2, 0.25) is 0 Å². The molecule has 0 radical (unpaired) electrons. The molecule has 1 fully saturated rings. The Morgan fingerprint density at radius 3 is 3.00 bits per heavy atom. The second kappa shape index (κ2) is 5.54. The lowest BCUT2D eigenvalue weighted by Crippen LogP contribution is -2.40. The maximum Gasteiger partial charge on any atom is 0.0897 e. The first-order chi connectivity index (χ1) is 6.24. The van der Waals surface area contributed by atoms with E-state index in [-0.39, 0.29) is 6.61 Å². The van der Waals surface area contributed by atoms with E-state index in [0.717, 1.165) is 26.2 Å². The molecule has 1 rings (SSSR count). The van der Waals surface area contributed by atoms with Crippen molar-refractivity contribution in [1.29, 1.82) is 0 Å². The standard InChI is InChI=1S/C9H19NO3/c1-8-2-4-13-5-3-10(8)6-9(12)7-11/h8-9,11-12H,2-7H2,1H3. The fourth-order valence-corrected chi connectivity index (χ4v) is 1.54. The first kappa shape index (κ1) is 10.9. The quantitative estimate of drug-likeness (QED) is 0.625. The number of rotatable bonds is 3. The first-order valence-electron chi connectivity index (χ1n) is 4.84. The highest BCUT2D eigenvalue weighted by molar-refractivity contribution is 4.72. The molecule has 1 aliphatic rings. The van der Waals surface area contributed by atoms with Crippen LogP contribution < -0.4 is 0 Å². The van der Waals surface area contributed by atoms with Crippen molar-refractivity contribution in [3.05, 3.63) is 0 Å². The molecule has 0 spiro atoms. The van der Waals surface area contributed by atoms with E-state index in [1.165, 1.54) is 0 Å². The molecule has 0 aromatic carbocycles. The van der Waals surface area contributed by atoms with Crippen molar-refractivity contribution in [2.24, 2.45) is 0 Å². The topological polar surface area (TPSA) is 52.9 Å². The van der Waals surface area contributed by atoms with Crippen molar-refractivity contribution >= 4 is 0 Å². The molecule has 4 heteroatoms. The van der Waals surface area contributed by atoms with Crippen LogP contribution in [0.4, 0.5) is 0 Å². The van der Waals surface area contributed by atoms with Crippen molar-refractivity contribution in [3.8, 4) is 0 Å². The summed E-state index contributed by atoms with van der Waals surface area (Å²) in [6.07, 6.45) is 0.374. The first-order valence-corrected chi connectivity index (χ1v) is 4.84. The Labute approximate surface area is 79.1 Å². The van der Waals surface area contributed by atoms with E-state index in [1.807, 2.05) is 0 Å². The third-order valence-electron chi connectivity index (χ3n) is 2.48. The Bertz CT molecular complexity index is 143. The van der Waals surface area contributed by atoms with Crippen LogP contribution in [0.3, 0.4) is 0 Å². The number of aliphatic hydroxyl groups is 2.